The predicted molar refractivity (Wildman–Crippen MR) is 36.6 cm³/mol. The van der Waals surface area contributed by atoms with Crippen LogP contribution in [0.2, 0.25) is 0 Å². The van der Waals surface area contributed by atoms with Gasteiger partial charge >= 0.3 is 0 Å². The molecule has 0 bridgehead atoms. The molecule has 0 aromatic rings. The van der Waals surface area contributed by atoms with Gasteiger partial charge in [0.25, 0.3) is 0 Å². The first-order valence-electron chi connectivity index (χ1n) is 3.62. The zero-order valence-corrected chi connectivity index (χ0v) is 6.51. The van der Waals surface area contributed by atoms with Crippen molar-refractivity contribution in [2.75, 3.05) is 26.4 Å². The highest BCUT2D eigenvalue weighted by Crippen LogP contribution is 2.12. The van der Waals surface area contributed by atoms with E-state index in [0.717, 1.165) is 26.4 Å². The summed E-state index contributed by atoms with van der Waals surface area (Å²) in [5.41, 5.74) is 0. The average Bonchev–Trinajstić information content (AvgIpc) is 2.82. The molecule has 0 saturated carbocycles. The van der Waals surface area contributed by atoms with Gasteiger partial charge in [-0.15, -0.1) is 0 Å². The first-order valence-corrected chi connectivity index (χ1v) is 3.62. The summed E-state index contributed by atoms with van der Waals surface area (Å²) >= 11 is 0. The van der Waals surface area contributed by atoms with Crippen LogP contribution >= 0.6 is 0 Å². The number of rotatable bonds is 4. The zero-order chi connectivity index (χ0) is 8.81. The lowest BCUT2D eigenvalue weighted by Gasteiger charge is -1.95. The van der Waals surface area contributed by atoms with Crippen LogP contribution in [0.15, 0.2) is 0 Å². The van der Waals surface area contributed by atoms with Crippen molar-refractivity contribution in [3.63, 3.8) is 0 Å². The molecule has 2 aliphatic heterocycles. The van der Waals surface area contributed by atoms with Gasteiger partial charge in [0.15, 0.2) is 0 Å². The van der Waals surface area contributed by atoms with Crippen LogP contribution in [0.5, 0.6) is 0 Å². The van der Waals surface area contributed by atoms with Gasteiger partial charge in [-0.2, -0.15) is 0 Å². The smallest absolute Gasteiger partial charge is 0.104 e. The van der Waals surface area contributed by atoms with Crippen molar-refractivity contribution in [2.24, 2.45) is 0 Å². The lowest BCUT2D eigenvalue weighted by Crippen LogP contribution is -2.06. The van der Waals surface area contributed by atoms with Crippen LogP contribution in [-0.2, 0) is 19.2 Å². The van der Waals surface area contributed by atoms with Gasteiger partial charge in [-0.1, -0.05) is 5.04 Å². The molecule has 0 aromatic heterocycles. The highest BCUT2D eigenvalue weighted by Gasteiger charge is 2.26. The van der Waals surface area contributed by atoms with E-state index >= 15 is 0 Å². The molecule has 2 unspecified atom stereocenters. The Hall–Kier alpha value is -0.240. The van der Waals surface area contributed by atoms with Crippen LogP contribution in [-0.4, -0.2) is 49.1 Å². The quantitative estimate of drug-likeness (QED) is 0.352. The van der Waals surface area contributed by atoms with E-state index in [4.69, 9.17) is 24.7 Å². The van der Waals surface area contributed by atoms with Gasteiger partial charge in [0.2, 0.25) is 0 Å². The molecule has 2 aliphatic rings. The fraction of sp³-hybridized carbons (Fsp3) is 1.00. The second-order valence-corrected chi connectivity index (χ2v) is 2.53. The van der Waals surface area contributed by atoms with Crippen molar-refractivity contribution >= 4 is 0 Å². The van der Waals surface area contributed by atoms with Crippen molar-refractivity contribution in [3.05, 3.63) is 0 Å². The minimum absolute atomic E-state index is 0.392. The number of hydrogen-bond donors (Lipinski definition) is 2. The monoisotopic (exact) mass is 180 g/mol. The molecule has 2 rings (SSSR count). The Morgan fingerprint density at radius 1 is 1.08 bits per heavy atom. The van der Waals surface area contributed by atoms with Crippen molar-refractivity contribution in [3.8, 4) is 0 Å². The highest BCUT2D eigenvalue weighted by atomic mass is 17.4. The molecule has 2 fully saturated rings. The minimum Gasteiger partial charge on any atom is -0.376 e. The van der Waals surface area contributed by atoms with E-state index in [1.165, 1.54) is 0 Å². The second-order valence-electron chi connectivity index (χ2n) is 2.53. The largest absolute Gasteiger partial charge is 0.376 e. The molecule has 6 nitrogen and oxygen atoms in total. The Labute approximate surface area is 69.5 Å². The Morgan fingerprint density at radius 2 is 1.42 bits per heavy atom. The Kier molecular flexibility index (Phi) is 4.44. The Bertz CT molecular complexity index is 98.6. The molecule has 0 aliphatic carbocycles. The summed E-state index contributed by atoms with van der Waals surface area (Å²) < 4.78 is 15.1. The first-order chi connectivity index (χ1) is 5.86. The maximum absolute atomic E-state index is 6.62. The van der Waals surface area contributed by atoms with Gasteiger partial charge in [0.05, 0.1) is 26.4 Å². The third kappa shape index (κ3) is 5.42. The van der Waals surface area contributed by atoms with Gasteiger partial charge in [0.1, 0.15) is 12.2 Å². The van der Waals surface area contributed by atoms with E-state index < -0.39 is 0 Å². The van der Waals surface area contributed by atoms with Crippen LogP contribution in [0, 0.1) is 0 Å². The maximum atomic E-state index is 6.62. The molecule has 12 heavy (non-hydrogen) atoms. The third-order valence-electron chi connectivity index (χ3n) is 1.41. The van der Waals surface area contributed by atoms with E-state index in [-0.39, 0.29) is 0 Å². The molecule has 2 heterocycles. The standard InChI is InChI=1S/C6H10O3.H2O3/c1(5-3-8-5)7-2-6-4-9-6;1-3-2/h5-6H,1-4H2;1-2H. The van der Waals surface area contributed by atoms with Crippen molar-refractivity contribution < 1.29 is 29.8 Å². The summed E-state index contributed by atoms with van der Waals surface area (Å²) in [5.74, 6) is 0. The molecule has 6 heteroatoms. The SMILES string of the molecule is C(OCC1CO1)C1CO1.OOO. The zero-order valence-electron chi connectivity index (χ0n) is 6.51. The lowest BCUT2D eigenvalue weighted by atomic mass is 10.5. The lowest BCUT2D eigenvalue weighted by molar-refractivity contribution is -0.465. The highest BCUT2D eigenvalue weighted by molar-refractivity contribution is 4.71. The Balaban J connectivity index is 0.000000213. The van der Waals surface area contributed by atoms with Gasteiger partial charge in [-0.25, -0.2) is 10.5 Å². The normalized spacial score (nSPS) is 30.5. The molecule has 0 aromatic carbocycles. The van der Waals surface area contributed by atoms with E-state index in [9.17, 15) is 0 Å². The molecule has 0 radical (unpaired) electrons. The number of epoxide rings is 2. The third-order valence-corrected chi connectivity index (χ3v) is 1.41. The first kappa shape index (κ1) is 9.85. The van der Waals surface area contributed by atoms with Crippen LogP contribution in [0.25, 0.3) is 0 Å². The topological polar surface area (TPSA) is 84.0 Å². The van der Waals surface area contributed by atoms with Gasteiger partial charge < -0.3 is 14.2 Å². The van der Waals surface area contributed by atoms with Crippen LogP contribution in [0.1, 0.15) is 0 Å². The second kappa shape index (κ2) is 5.41. The maximum Gasteiger partial charge on any atom is 0.104 e. The average molecular weight is 180 g/mol. The molecule has 2 atom stereocenters. The predicted octanol–water partition coefficient (Wildman–Crippen LogP) is -0.250. The summed E-state index contributed by atoms with van der Waals surface area (Å²) in [6, 6.07) is 0. The number of ether oxygens (including phenoxy) is 3. The van der Waals surface area contributed by atoms with Crippen LogP contribution in [0.4, 0.5) is 0 Å². The summed E-state index contributed by atoms with van der Waals surface area (Å²) in [7, 11) is 0. The molecule has 2 N–H and O–H groups in total. The van der Waals surface area contributed by atoms with Crippen molar-refractivity contribution in [1.29, 1.82) is 0 Å². The van der Waals surface area contributed by atoms with E-state index in [2.05, 4.69) is 5.04 Å². The molecule has 0 spiro atoms. The fourth-order valence-electron chi connectivity index (χ4n) is 0.659. The van der Waals surface area contributed by atoms with Crippen molar-refractivity contribution in [2.45, 2.75) is 12.2 Å². The van der Waals surface area contributed by atoms with E-state index in [0.29, 0.717) is 12.2 Å². The van der Waals surface area contributed by atoms with Crippen LogP contribution < -0.4 is 0 Å². The summed E-state index contributed by atoms with van der Waals surface area (Å²) in [6.45, 7) is 3.26. The summed E-state index contributed by atoms with van der Waals surface area (Å²) in [4.78, 5) is 0. The van der Waals surface area contributed by atoms with E-state index in [1.807, 2.05) is 0 Å². The van der Waals surface area contributed by atoms with Gasteiger partial charge in [0, 0.05) is 0 Å². The Morgan fingerprint density at radius 3 is 1.67 bits per heavy atom. The minimum atomic E-state index is 0.392. The molecule has 0 amide bonds. The fourth-order valence-corrected chi connectivity index (χ4v) is 0.659. The van der Waals surface area contributed by atoms with E-state index in [1.54, 1.807) is 0 Å². The molecule has 72 valence electrons. The number of hydrogen-bond acceptors (Lipinski definition) is 6. The molecular formula is C6H12O6. The summed E-state index contributed by atoms with van der Waals surface area (Å²) in [6.07, 6.45) is 0.785. The molecular weight excluding hydrogens is 168 g/mol. The van der Waals surface area contributed by atoms with Gasteiger partial charge in [-0.3, -0.25) is 0 Å². The summed E-state index contributed by atoms with van der Waals surface area (Å²) in [5, 5.41) is 15.5. The van der Waals surface area contributed by atoms with Gasteiger partial charge in [-0.05, 0) is 0 Å². The van der Waals surface area contributed by atoms with Crippen LogP contribution in [0.3, 0.4) is 0 Å². The molecule has 2 saturated heterocycles. The van der Waals surface area contributed by atoms with Crippen molar-refractivity contribution in [1.82, 2.24) is 0 Å².